The molecule has 2 rings (SSSR count). The molecule has 2 N–H and O–H groups in total. The normalized spacial score (nSPS) is 32.3. The van der Waals surface area contributed by atoms with Crippen molar-refractivity contribution in [1.82, 2.24) is 10.2 Å². The first kappa shape index (κ1) is 13.3. The second kappa shape index (κ2) is 5.69. The van der Waals surface area contributed by atoms with Gasteiger partial charge in [0.15, 0.2) is 0 Å². The molecule has 1 aliphatic heterocycles. The van der Waals surface area contributed by atoms with E-state index in [1.165, 1.54) is 6.92 Å². The van der Waals surface area contributed by atoms with Gasteiger partial charge in [-0.2, -0.15) is 0 Å². The van der Waals surface area contributed by atoms with Gasteiger partial charge in [-0.3, -0.25) is 9.59 Å². The van der Waals surface area contributed by atoms with Crippen molar-refractivity contribution in [2.45, 2.75) is 51.2 Å². The molecule has 1 saturated carbocycles. The molecule has 3 atom stereocenters. The highest BCUT2D eigenvalue weighted by molar-refractivity contribution is 5.79. The molecule has 18 heavy (non-hydrogen) atoms. The molecule has 2 aliphatic rings. The summed E-state index contributed by atoms with van der Waals surface area (Å²) in [5, 5.41) is 12.7. The maximum atomic E-state index is 12.2. The third kappa shape index (κ3) is 3.02. The predicted octanol–water partition coefficient (Wildman–Crippen LogP) is 0.274. The van der Waals surface area contributed by atoms with Gasteiger partial charge in [0, 0.05) is 25.9 Å². The Morgan fingerprint density at radius 3 is 2.44 bits per heavy atom. The maximum absolute atomic E-state index is 12.2. The van der Waals surface area contributed by atoms with Crippen molar-refractivity contribution in [2.24, 2.45) is 5.92 Å². The van der Waals surface area contributed by atoms with Crippen LogP contribution < -0.4 is 5.32 Å². The lowest BCUT2D eigenvalue weighted by Gasteiger charge is -2.34. The van der Waals surface area contributed by atoms with Crippen molar-refractivity contribution in [2.75, 3.05) is 13.1 Å². The lowest BCUT2D eigenvalue weighted by atomic mass is 9.83. The molecule has 5 nitrogen and oxygen atoms in total. The molecule has 0 bridgehead atoms. The van der Waals surface area contributed by atoms with Crippen LogP contribution in [0, 0.1) is 5.92 Å². The summed E-state index contributed by atoms with van der Waals surface area (Å²) in [6, 6.07) is -0.190. The molecule has 0 spiro atoms. The van der Waals surface area contributed by atoms with Gasteiger partial charge in [0.1, 0.15) is 0 Å². The smallest absolute Gasteiger partial charge is 0.225 e. The second-order valence-electron chi connectivity index (χ2n) is 5.42. The molecule has 0 radical (unpaired) electrons. The standard InChI is InChI=1S/C13H22N2O3/c1-9(16)14-11-5-4-10(8-12(11)17)13(18)15-6-2-3-7-15/h10-12,17H,2-8H2,1H3,(H,14,16)/t10-,11-,12-/m0/s1. The second-order valence-corrected chi connectivity index (χ2v) is 5.42. The van der Waals surface area contributed by atoms with E-state index in [9.17, 15) is 14.7 Å². The van der Waals surface area contributed by atoms with Gasteiger partial charge in [-0.15, -0.1) is 0 Å². The van der Waals surface area contributed by atoms with Crippen LogP contribution in [0.15, 0.2) is 0 Å². The summed E-state index contributed by atoms with van der Waals surface area (Å²) < 4.78 is 0. The Labute approximate surface area is 108 Å². The summed E-state index contributed by atoms with van der Waals surface area (Å²) in [5.41, 5.74) is 0. The van der Waals surface area contributed by atoms with E-state index < -0.39 is 6.10 Å². The number of nitrogens with one attached hydrogen (secondary N) is 1. The summed E-state index contributed by atoms with van der Waals surface area (Å²) in [5.74, 6) is -0.000646. The Kier molecular flexibility index (Phi) is 4.22. The highest BCUT2D eigenvalue weighted by Gasteiger charge is 2.35. The largest absolute Gasteiger partial charge is 0.391 e. The van der Waals surface area contributed by atoms with Gasteiger partial charge >= 0.3 is 0 Å². The highest BCUT2D eigenvalue weighted by atomic mass is 16.3. The average molecular weight is 254 g/mol. The van der Waals surface area contributed by atoms with Gasteiger partial charge in [0.2, 0.25) is 11.8 Å². The molecular weight excluding hydrogens is 232 g/mol. The van der Waals surface area contributed by atoms with Crippen LogP contribution >= 0.6 is 0 Å². The molecule has 0 unspecified atom stereocenters. The van der Waals surface area contributed by atoms with E-state index in [0.717, 1.165) is 32.4 Å². The molecule has 1 aliphatic carbocycles. The number of likely N-dealkylation sites (tertiary alicyclic amines) is 1. The van der Waals surface area contributed by atoms with E-state index >= 15 is 0 Å². The van der Waals surface area contributed by atoms with Gasteiger partial charge in [0.05, 0.1) is 12.1 Å². The number of hydrogen-bond donors (Lipinski definition) is 2. The average Bonchev–Trinajstić information content (AvgIpc) is 2.84. The zero-order valence-electron chi connectivity index (χ0n) is 10.9. The van der Waals surface area contributed by atoms with Crippen LogP contribution in [0.4, 0.5) is 0 Å². The Hall–Kier alpha value is -1.10. The van der Waals surface area contributed by atoms with Crippen LogP contribution in [-0.2, 0) is 9.59 Å². The number of rotatable bonds is 2. The summed E-state index contributed by atoms with van der Waals surface area (Å²) >= 11 is 0. The summed E-state index contributed by atoms with van der Waals surface area (Å²) in [6.45, 7) is 3.18. The van der Waals surface area contributed by atoms with Crippen molar-refractivity contribution in [1.29, 1.82) is 0 Å². The van der Waals surface area contributed by atoms with Crippen molar-refractivity contribution in [3.63, 3.8) is 0 Å². The monoisotopic (exact) mass is 254 g/mol. The summed E-state index contributed by atoms with van der Waals surface area (Å²) in [6.07, 6.45) is 3.51. The molecule has 2 amide bonds. The van der Waals surface area contributed by atoms with Gasteiger partial charge in [-0.05, 0) is 32.1 Å². The zero-order valence-corrected chi connectivity index (χ0v) is 10.9. The first-order valence-electron chi connectivity index (χ1n) is 6.82. The van der Waals surface area contributed by atoms with E-state index in [1.807, 2.05) is 4.90 Å². The van der Waals surface area contributed by atoms with Crippen LogP contribution in [0.2, 0.25) is 0 Å². The number of carbonyl (C=O) groups is 2. The Morgan fingerprint density at radius 1 is 1.22 bits per heavy atom. The fraction of sp³-hybridized carbons (Fsp3) is 0.846. The molecule has 0 aromatic rings. The molecule has 1 saturated heterocycles. The SMILES string of the molecule is CC(=O)N[C@H]1CC[C@H](C(=O)N2CCCC2)C[C@@H]1O. The molecule has 0 aromatic carbocycles. The maximum Gasteiger partial charge on any atom is 0.225 e. The molecule has 2 fully saturated rings. The lowest BCUT2D eigenvalue weighted by molar-refractivity contribution is -0.137. The van der Waals surface area contributed by atoms with Crippen molar-refractivity contribution in [3.05, 3.63) is 0 Å². The molecule has 102 valence electrons. The van der Waals surface area contributed by atoms with Crippen molar-refractivity contribution >= 4 is 11.8 Å². The number of aliphatic hydroxyl groups excluding tert-OH is 1. The number of hydrogen-bond acceptors (Lipinski definition) is 3. The number of carbonyl (C=O) groups excluding carboxylic acids is 2. The fourth-order valence-electron chi connectivity index (χ4n) is 3.00. The molecular formula is C13H22N2O3. The first-order chi connectivity index (χ1) is 8.58. The number of amides is 2. The van der Waals surface area contributed by atoms with Crippen LogP contribution in [0.25, 0.3) is 0 Å². The van der Waals surface area contributed by atoms with Gasteiger partial charge in [-0.25, -0.2) is 0 Å². The molecule has 0 aromatic heterocycles. The molecule has 1 heterocycles. The van der Waals surface area contributed by atoms with Crippen LogP contribution in [0.3, 0.4) is 0 Å². The number of aliphatic hydroxyl groups is 1. The van der Waals surface area contributed by atoms with E-state index in [2.05, 4.69) is 5.32 Å². The number of nitrogens with zero attached hydrogens (tertiary/aromatic N) is 1. The minimum absolute atomic E-state index is 0.0666. The molecule has 5 heteroatoms. The predicted molar refractivity (Wildman–Crippen MR) is 66.8 cm³/mol. The van der Waals surface area contributed by atoms with E-state index in [-0.39, 0.29) is 23.8 Å². The lowest BCUT2D eigenvalue weighted by Crippen LogP contribution is -2.48. The van der Waals surface area contributed by atoms with Gasteiger partial charge in [-0.1, -0.05) is 0 Å². The Bertz CT molecular complexity index is 326. The van der Waals surface area contributed by atoms with Gasteiger partial charge < -0.3 is 15.3 Å². The zero-order chi connectivity index (χ0) is 13.1. The van der Waals surface area contributed by atoms with Crippen molar-refractivity contribution < 1.29 is 14.7 Å². The topological polar surface area (TPSA) is 69.6 Å². The minimum Gasteiger partial charge on any atom is -0.391 e. The minimum atomic E-state index is -0.598. The van der Waals surface area contributed by atoms with Crippen LogP contribution in [0.5, 0.6) is 0 Å². The van der Waals surface area contributed by atoms with E-state index in [0.29, 0.717) is 12.8 Å². The third-order valence-corrected chi connectivity index (χ3v) is 3.97. The van der Waals surface area contributed by atoms with Crippen LogP contribution in [-0.4, -0.2) is 47.1 Å². The van der Waals surface area contributed by atoms with Gasteiger partial charge in [0.25, 0.3) is 0 Å². The van der Waals surface area contributed by atoms with E-state index in [4.69, 9.17) is 0 Å². The quantitative estimate of drug-likeness (QED) is 0.743. The fourth-order valence-corrected chi connectivity index (χ4v) is 3.00. The Morgan fingerprint density at radius 2 is 1.89 bits per heavy atom. The third-order valence-electron chi connectivity index (χ3n) is 3.97. The summed E-state index contributed by atoms with van der Waals surface area (Å²) in [7, 11) is 0. The first-order valence-corrected chi connectivity index (χ1v) is 6.82. The van der Waals surface area contributed by atoms with Crippen molar-refractivity contribution in [3.8, 4) is 0 Å². The highest BCUT2D eigenvalue weighted by Crippen LogP contribution is 2.27. The Balaban J connectivity index is 1.87. The summed E-state index contributed by atoms with van der Waals surface area (Å²) in [4.78, 5) is 25.1. The van der Waals surface area contributed by atoms with E-state index in [1.54, 1.807) is 0 Å². The van der Waals surface area contributed by atoms with Crippen LogP contribution in [0.1, 0.15) is 39.0 Å².